The van der Waals surface area contributed by atoms with Crippen molar-refractivity contribution in [1.82, 2.24) is 0 Å². The van der Waals surface area contributed by atoms with Crippen LogP contribution in [0.2, 0.25) is 0 Å². The van der Waals surface area contributed by atoms with Gasteiger partial charge in [0, 0.05) is 11.8 Å². The zero-order chi connectivity index (χ0) is 23.9. The van der Waals surface area contributed by atoms with Crippen LogP contribution in [0.5, 0.6) is 0 Å². The predicted octanol–water partition coefficient (Wildman–Crippen LogP) is 7.16. The van der Waals surface area contributed by atoms with Crippen LogP contribution in [0.15, 0.2) is 83.8 Å². The van der Waals surface area contributed by atoms with Crippen molar-refractivity contribution in [2.45, 2.75) is 57.4 Å². The van der Waals surface area contributed by atoms with Gasteiger partial charge in [0.1, 0.15) is 0 Å². The summed E-state index contributed by atoms with van der Waals surface area (Å²) in [5.41, 5.74) is 6.83. The number of rotatable bonds is 6. The van der Waals surface area contributed by atoms with Crippen molar-refractivity contribution in [1.29, 1.82) is 0 Å². The van der Waals surface area contributed by atoms with E-state index in [1.165, 1.54) is 22.1 Å². The summed E-state index contributed by atoms with van der Waals surface area (Å²) in [6.07, 6.45) is 3.61. The van der Waals surface area contributed by atoms with Gasteiger partial charge in [-0.3, -0.25) is 4.31 Å². The number of hydrogen-bond acceptors (Lipinski definition) is 2. The number of aryl methyl sites for hydroxylation is 2. The van der Waals surface area contributed by atoms with Crippen molar-refractivity contribution < 1.29 is 8.42 Å². The molecule has 0 radical (unpaired) electrons. The van der Waals surface area contributed by atoms with Crippen LogP contribution in [0.25, 0.3) is 10.8 Å². The van der Waals surface area contributed by atoms with Crippen LogP contribution < -0.4 is 4.31 Å². The van der Waals surface area contributed by atoms with Crippen LogP contribution in [0.4, 0.5) is 5.69 Å². The molecular weight excluding hydrogens is 438 g/mol. The van der Waals surface area contributed by atoms with Crippen LogP contribution in [-0.2, 0) is 29.3 Å². The van der Waals surface area contributed by atoms with Crippen LogP contribution >= 0.6 is 0 Å². The summed E-state index contributed by atoms with van der Waals surface area (Å²) < 4.78 is 30.3. The van der Waals surface area contributed by atoms with Crippen LogP contribution in [0.1, 0.15) is 54.1 Å². The maximum Gasteiger partial charge on any atom is 0.264 e. The van der Waals surface area contributed by atoms with Gasteiger partial charge in [0.2, 0.25) is 0 Å². The zero-order valence-corrected chi connectivity index (χ0v) is 20.9. The molecule has 0 saturated heterocycles. The molecule has 1 aliphatic rings. The van der Waals surface area contributed by atoms with E-state index in [4.69, 9.17) is 0 Å². The summed E-state index contributed by atoms with van der Waals surface area (Å²) in [7, 11) is -3.78. The quantitative estimate of drug-likeness (QED) is 0.300. The average Bonchev–Trinajstić information content (AvgIpc) is 3.27. The zero-order valence-electron chi connectivity index (χ0n) is 20.1. The van der Waals surface area contributed by atoms with Gasteiger partial charge >= 0.3 is 0 Å². The fraction of sp³-hybridized carbons (Fsp3) is 0.267. The maximum absolute atomic E-state index is 14.3. The lowest BCUT2D eigenvalue weighted by Gasteiger charge is -2.29. The highest BCUT2D eigenvalue weighted by Gasteiger charge is 2.42. The molecule has 4 aromatic rings. The first-order valence-electron chi connectivity index (χ1n) is 12.2. The molecule has 174 valence electrons. The normalized spacial score (nSPS) is 15.6. The summed E-state index contributed by atoms with van der Waals surface area (Å²) in [6.45, 7) is 6.38. The molecule has 0 fully saturated rings. The minimum Gasteiger partial charge on any atom is -0.258 e. The molecule has 0 amide bonds. The Bertz CT molecular complexity index is 1440. The van der Waals surface area contributed by atoms with E-state index >= 15 is 0 Å². The van der Waals surface area contributed by atoms with Crippen LogP contribution in [0, 0.1) is 6.92 Å². The second kappa shape index (κ2) is 8.92. The second-order valence-corrected chi connectivity index (χ2v) is 11.0. The summed E-state index contributed by atoms with van der Waals surface area (Å²) in [4.78, 5) is 0.340. The SMILES string of the molecule is CCCc1c2c(c3ccccc3c1CC)N(S(=O)(=O)c1ccc(C)cc1)C(c1ccccc1)C2. The number of anilines is 1. The molecule has 0 spiro atoms. The van der Waals surface area contributed by atoms with E-state index in [0.717, 1.165) is 41.5 Å². The molecule has 0 saturated carbocycles. The smallest absolute Gasteiger partial charge is 0.258 e. The highest BCUT2D eigenvalue weighted by atomic mass is 32.2. The predicted molar refractivity (Wildman–Crippen MR) is 141 cm³/mol. The summed E-state index contributed by atoms with van der Waals surface area (Å²) in [6, 6.07) is 25.4. The minimum atomic E-state index is -3.78. The van der Waals surface area contributed by atoms with E-state index in [-0.39, 0.29) is 6.04 Å². The van der Waals surface area contributed by atoms with Crippen molar-refractivity contribution in [3.8, 4) is 0 Å². The highest BCUT2D eigenvalue weighted by Crippen LogP contribution is 2.50. The standard InChI is InChI=1S/C30H31NO2S/c1-4-11-25-24(5-2)26-14-9-10-15-27(26)30-28(25)20-29(22-12-7-6-8-13-22)31(30)34(32,33)23-18-16-21(3)17-19-23/h6-10,12-19,29H,4-5,11,20H2,1-3H3. The Morgan fingerprint density at radius 1 is 0.824 bits per heavy atom. The Kier molecular flexibility index (Phi) is 5.95. The topological polar surface area (TPSA) is 37.4 Å². The van der Waals surface area contributed by atoms with Crippen molar-refractivity contribution in [3.05, 3.63) is 107 Å². The van der Waals surface area contributed by atoms with Gasteiger partial charge in [-0.2, -0.15) is 0 Å². The molecule has 4 heteroatoms. The lowest BCUT2D eigenvalue weighted by Crippen LogP contribution is -2.32. The Morgan fingerprint density at radius 3 is 2.12 bits per heavy atom. The van der Waals surface area contributed by atoms with Gasteiger partial charge in [0.05, 0.1) is 16.6 Å². The Balaban J connectivity index is 1.85. The monoisotopic (exact) mass is 469 g/mol. The first kappa shape index (κ1) is 22.7. The van der Waals surface area contributed by atoms with E-state index in [9.17, 15) is 8.42 Å². The second-order valence-electron chi connectivity index (χ2n) is 9.18. The molecule has 3 nitrogen and oxygen atoms in total. The van der Waals surface area contributed by atoms with Gasteiger partial charge in [-0.15, -0.1) is 0 Å². The number of hydrogen-bond donors (Lipinski definition) is 0. The van der Waals surface area contributed by atoms with Crippen molar-refractivity contribution >= 4 is 26.5 Å². The maximum atomic E-state index is 14.3. The molecule has 1 atom stereocenters. The number of fused-ring (bicyclic) bond motifs is 3. The van der Waals surface area contributed by atoms with E-state index in [0.29, 0.717) is 11.3 Å². The molecule has 5 rings (SSSR count). The van der Waals surface area contributed by atoms with Crippen molar-refractivity contribution in [2.75, 3.05) is 4.31 Å². The van der Waals surface area contributed by atoms with E-state index in [1.54, 1.807) is 16.4 Å². The third-order valence-electron chi connectivity index (χ3n) is 7.04. The van der Waals surface area contributed by atoms with E-state index < -0.39 is 10.0 Å². The summed E-state index contributed by atoms with van der Waals surface area (Å²) in [5.74, 6) is 0. The summed E-state index contributed by atoms with van der Waals surface area (Å²) >= 11 is 0. The minimum absolute atomic E-state index is 0.270. The van der Waals surface area contributed by atoms with Gasteiger partial charge in [0.15, 0.2) is 0 Å². The molecule has 0 N–H and O–H groups in total. The number of sulfonamides is 1. The molecule has 0 aromatic heterocycles. The lowest BCUT2D eigenvalue weighted by atomic mass is 9.88. The first-order chi connectivity index (χ1) is 16.5. The fourth-order valence-electron chi connectivity index (χ4n) is 5.50. The number of nitrogens with zero attached hydrogens (tertiary/aromatic N) is 1. The fourth-order valence-corrected chi connectivity index (χ4v) is 7.19. The van der Waals surface area contributed by atoms with Crippen LogP contribution in [0.3, 0.4) is 0 Å². The van der Waals surface area contributed by atoms with Gasteiger partial charge in [-0.05, 0) is 59.5 Å². The molecule has 1 unspecified atom stereocenters. The summed E-state index contributed by atoms with van der Waals surface area (Å²) in [5, 5.41) is 2.20. The first-order valence-corrected chi connectivity index (χ1v) is 13.6. The molecule has 4 aromatic carbocycles. The molecule has 1 aliphatic heterocycles. The van der Waals surface area contributed by atoms with Crippen molar-refractivity contribution in [3.63, 3.8) is 0 Å². The molecule has 1 heterocycles. The Morgan fingerprint density at radius 2 is 1.47 bits per heavy atom. The van der Waals surface area contributed by atoms with Gasteiger partial charge < -0.3 is 0 Å². The van der Waals surface area contributed by atoms with Crippen LogP contribution in [-0.4, -0.2) is 8.42 Å². The van der Waals surface area contributed by atoms with E-state index in [1.807, 2.05) is 43.3 Å². The Hall–Kier alpha value is -3.11. The molecule has 0 aliphatic carbocycles. The van der Waals surface area contributed by atoms with Gasteiger partial charge in [-0.25, -0.2) is 8.42 Å². The van der Waals surface area contributed by atoms with E-state index in [2.05, 4.69) is 44.2 Å². The van der Waals surface area contributed by atoms with Crippen molar-refractivity contribution in [2.24, 2.45) is 0 Å². The van der Waals surface area contributed by atoms with Gasteiger partial charge in [-0.1, -0.05) is 92.6 Å². The molecule has 0 bridgehead atoms. The van der Waals surface area contributed by atoms with Gasteiger partial charge in [0.25, 0.3) is 10.0 Å². The third kappa shape index (κ3) is 3.61. The molecular formula is C30H31NO2S. The molecule has 34 heavy (non-hydrogen) atoms. The highest BCUT2D eigenvalue weighted by molar-refractivity contribution is 7.92. The lowest BCUT2D eigenvalue weighted by molar-refractivity contribution is 0.582. The number of benzene rings is 4. The average molecular weight is 470 g/mol. The Labute approximate surface area is 203 Å². The third-order valence-corrected chi connectivity index (χ3v) is 8.86. The largest absolute Gasteiger partial charge is 0.264 e.